The molecule has 2 amide bonds. The third kappa shape index (κ3) is 16.9. The highest BCUT2D eigenvalue weighted by atomic mass is 16.3. The van der Waals surface area contributed by atoms with Gasteiger partial charge in [-0.05, 0) is 57.1 Å². The predicted octanol–water partition coefficient (Wildman–Crippen LogP) is 6.72. The smallest absolute Gasteiger partial charge is 0.255 e. The highest BCUT2D eigenvalue weighted by molar-refractivity contribution is 5.96. The predicted molar refractivity (Wildman–Crippen MR) is 151 cm³/mol. The van der Waals surface area contributed by atoms with Crippen molar-refractivity contribution in [1.82, 2.24) is 10.6 Å². The molecule has 0 aromatic heterocycles. The molecular weight excluding hydrogens is 448 g/mol. The van der Waals surface area contributed by atoms with Gasteiger partial charge in [0, 0.05) is 19.5 Å². The number of aromatic hydroxyl groups is 1. The van der Waals surface area contributed by atoms with Crippen LogP contribution >= 0.6 is 0 Å². The molecule has 1 rings (SSSR count). The maximum atomic E-state index is 12.0. The van der Waals surface area contributed by atoms with Crippen molar-refractivity contribution in [2.45, 2.75) is 58.3 Å². The Labute approximate surface area is 217 Å². The molecule has 0 heterocycles. The average molecular weight is 491 g/mol. The number of carbonyl (C=O) groups excluding carboxylic acids is 2. The fraction of sp³-hybridized carbons (Fsp3) is 0.355. The standard InChI is InChI=1S/C31H42N2O3/c1-2-3-4-5-6-7-8-9-10-11-12-13-14-15-16-17-18-19-20-25-30(35)32-26-27-33-31(36)28-23-21-22-24-29(28)34/h3-4,6-7,9-10,12-13,15-16,18-19,21-24,34H,2,5,8,11,14,17,20,25-27H2,1H3,(H,32,35)(H,33,36)/b4-3-,7-6-,10-9?,13-12?,16-15-,19-18-. The van der Waals surface area contributed by atoms with Crippen molar-refractivity contribution in [2.24, 2.45) is 0 Å². The molecule has 0 spiro atoms. The molecule has 0 bridgehead atoms. The first-order valence-corrected chi connectivity index (χ1v) is 12.9. The number of amides is 2. The molecular formula is C31H42N2O3. The van der Waals surface area contributed by atoms with Gasteiger partial charge >= 0.3 is 0 Å². The molecule has 0 radical (unpaired) electrons. The monoisotopic (exact) mass is 490 g/mol. The number of phenolic OH excluding ortho intramolecular Hbond substituents is 1. The van der Waals surface area contributed by atoms with Gasteiger partial charge in [0.2, 0.25) is 5.91 Å². The van der Waals surface area contributed by atoms with Gasteiger partial charge in [-0.2, -0.15) is 0 Å². The molecule has 5 nitrogen and oxygen atoms in total. The second-order valence-corrected chi connectivity index (χ2v) is 8.08. The number of carbonyl (C=O) groups is 2. The summed E-state index contributed by atoms with van der Waals surface area (Å²) in [6.07, 6.45) is 32.8. The summed E-state index contributed by atoms with van der Waals surface area (Å²) in [5.74, 6) is -0.470. The van der Waals surface area contributed by atoms with Gasteiger partial charge in [-0.25, -0.2) is 0 Å². The number of allylic oxidation sites excluding steroid dienone is 12. The summed E-state index contributed by atoms with van der Waals surface area (Å²) in [7, 11) is 0. The molecule has 0 fully saturated rings. The average Bonchev–Trinajstić information content (AvgIpc) is 2.88. The maximum Gasteiger partial charge on any atom is 0.255 e. The van der Waals surface area contributed by atoms with Crippen LogP contribution in [0.4, 0.5) is 0 Å². The summed E-state index contributed by atoms with van der Waals surface area (Å²) < 4.78 is 0. The third-order valence-electron chi connectivity index (χ3n) is 5.02. The largest absolute Gasteiger partial charge is 0.507 e. The van der Waals surface area contributed by atoms with Crippen molar-refractivity contribution >= 4 is 11.8 Å². The van der Waals surface area contributed by atoms with Gasteiger partial charge in [0.05, 0.1) is 5.56 Å². The summed E-state index contributed by atoms with van der Waals surface area (Å²) in [6, 6.07) is 6.36. The van der Waals surface area contributed by atoms with Gasteiger partial charge in [-0.3, -0.25) is 9.59 Å². The third-order valence-corrected chi connectivity index (χ3v) is 5.02. The second-order valence-electron chi connectivity index (χ2n) is 8.08. The first-order valence-electron chi connectivity index (χ1n) is 12.9. The molecule has 1 aromatic rings. The Morgan fingerprint density at radius 3 is 1.69 bits per heavy atom. The van der Waals surface area contributed by atoms with Crippen LogP contribution in [-0.2, 0) is 4.79 Å². The van der Waals surface area contributed by atoms with Gasteiger partial charge < -0.3 is 15.7 Å². The molecule has 0 saturated carbocycles. The van der Waals surface area contributed by atoms with E-state index in [0.29, 0.717) is 25.9 Å². The van der Waals surface area contributed by atoms with E-state index in [1.54, 1.807) is 18.2 Å². The van der Waals surface area contributed by atoms with E-state index in [1.165, 1.54) is 6.07 Å². The van der Waals surface area contributed by atoms with Crippen LogP contribution in [0.25, 0.3) is 0 Å². The van der Waals surface area contributed by atoms with E-state index in [4.69, 9.17) is 0 Å². The molecule has 0 aliphatic carbocycles. The normalized spacial score (nSPS) is 12.2. The van der Waals surface area contributed by atoms with Crippen LogP contribution in [-0.4, -0.2) is 30.0 Å². The maximum absolute atomic E-state index is 12.0. The summed E-state index contributed by atoms with van der Waals surface area (Å²) in [6.45, 7) is 2.80. The Hall–Kier alpha value is -3.60. The topological polar surface area (TPSA) is 78.4 Å². The van der Waals surface area contributed by atoms with Crippen LogP contribution in [0.5, 0.6) is 5.75 Å². The van der Waals surface area contributed by atoms with Crippen LogP contribution < -0.4 is 10.6 Å². The Morgan fingerprint density at radius 1 is 0.694 bits per heavy atom. The Morgan fingerprint density at radius 2 is 1.17 bits per heavy atom. The summed E-state index contributed by atoms with van der Waals surface area (Å²) in [5, 5.41) is 15.1. The number of benzene rings is 1. The molecule has 0 unspecified atom stereocenters. The molecule has 194 valence electrons. The van der Waals surface area contributed by atoms with Crippen LogP contribution in [0.1, 0.15) is 68.6 Å². The lowest BCUT2D eigenvalue weighted by molar-refractivity contribution is -0.120. The van der Waals surface area contributed by atoms with Gasteiger partial charge in [-0.15, -0.1) is 0 Å². The number of hydrogen-bond donors (Lipinski definition) is 3. The fourth-order valence-corrected chi connectivity index (χ4v) is 3.08. The molecule has 5 heteroatoms. The number of phenols is 1. The van der Waals surface area contributed by atoms with Crippen LogP contribution in [0, 0.1) is 0 Å². The Bertz CT molecular complexity index is 924. The quantitative estimate of drug-likeness (QED) is 0.158. The molecule has 36 heavy (non-hydrogen) atoms. The fourth-order valence-electron chi connectivity index (χ4n) is 3.08. The zero-order valence-electron chi connectivity index (χ0n) is 21.6. The molecule has 0 aliphatic rings. The van der Waals surface area contributed by atoms with Gasteiger partial charge in [0.15, 0.2) is 0 Å². The van der Waals surface area contributed by atoms with Gasteiger partial charge in [0.1, 0.15) is 5.75 Å². The van der Waals surface area contributed by atoms with E-state index in [-0.39, 0.29) is 23.1 Å². The zero-order chi connectivity index (χ0) is 26.1. The second kappa shape index (κ2) is 21.9. The SMILES string of the molecule is CC/C=C\C/C=C\CC=CCC=CC/C=C\C/C=C\CCC(=O)NCCNC(=O)c1ccccc1O. The highest BCUT2D eigenvalue weighted by Gasteiger charge is 2.09. The Kier molecular flexibility index (Phi) is 18.5. The molecule has 0 atom stereocenters. The van der Waals surface area contributed by atoms with Crippen molar-refractivity contribution in [3.8, 4) is 5.75 Å². The minimum absolute atomic E-state index is 0.0497. The van der Waals surface area contributed by atoms with E-state index in [0.717, 1.165) is 38.5 Å². The summed E-state index contributed by atoms with van der Waals surface area (Å²) >= 11 is 0. The van der Waals surface area contributed by atoms with Crippen molar-refractivity contribution in [3.63, 3.8) is 0 Å². The molecule has 0 saturated heterocycles. The van der Waals surface area contributed by atoms with Gasteiger partial charge in [0.25, 0.3) is 5.91 Å². The van der Waals surface area contributed by atoms with Crippen molar-refractivity contribution in [1.29, 1.82) is 0 Å². The van der Waals surface area contributed by atoms with E-state index < -0.39 is 0 Å². The lowest BCUT2D eigenvalue weighted by Crippen LogP contribution is -2.34. The van der Waals surface area contributed by atoms with E-state index >= 15 is 0 Å². The van der Waals surface area contributed by atoms with E-state index in [1.807, 2.05) is 6.08 Å². The highest BCUT2D eigenvalue weighted by Crippen LogP contribution is 2.14. The van der Waals surface area contributed by atoms with Crippen LogP contribution in [0.3, 0.4) is 0 Å². The molecule has 0 aliphatic heterocycles. The van der Waals surface area contributed by atoms with Gasteiger partial charge in [-0.1, -0.05) is 92.0 Å². The molecule has 1 aromatic carbocycles. The van der Waals surface area contributed by atoms with Crippen LogP contribution in [0.2, 0.25) is 0 Å². The van der Waals surface area contributed by atoms with Crippen molar-refractivity contribution < 1.29 is 14.7 Å². The minimum Gasteiger partial charge on any atom is -0.507 e. The number of rotatable bonds is 18. The lowest BCUT2D eigenvalue weighted by atomic mass is 10.2. The zero-order valence-corrected chi connectivity index (χ0v) is 21.6. The van der Waals surface area contributed by atoms with E-state index in [2.05, 4.69) is 84.4 Å². The Balaban J connectivity index is 1.99. The number of hydrogen-bond acceptors (Lipinski definition) is 3. The first-order chi connectivity index (χ1) is 17.6. The molecule has 3 N–H and O–H groups in total. The number of para-hydroxylation sites is 1. The van der Waals surface area contributed by atoms with Crippen LogP contribution in [0.15, 0.2) is 97.2 Å². The summed E-state index contributed by atoms with van der Waals surface area (Å²) in [4.78, 5) is 23.8. The summed E-state index contributed by atoms with van der Waals surface area (Å²) in [5.41, 5.74) is 0.224. The first kappa shape index (κ1) is 30.4. The van der Waals surface area contributed by atoms with Crippen molar-refractivity contribution in [2.75, 3.05) is 13.1 Å². The minimum atomic E-state index is -0.361. The van der Waals surface area contributed by atoms with Crippen molar-refractivity contribution in [3.05, 3.63) is 103 Å². The van der Waals surface area contributed by atoms with E-state index in [9.17, 15) is 14.7 Å². The number of nitrogens with one attached hydrogen (secondary N) is 2. The lowest BCUT2D eigenvalue weighted by Gasteiger charge is -2.07.